The molecule has 62 valence electrons. The van der Waals surface area contributed by atoms with Gasteiger partial charge in [0.2, 0.25) is 0 Å². The molecule has 2 heterocycles. The van der Waals surface area contributed by atoms with Gasteiger partial charge < -0.3 is 4.42 Å². The maximum absolute atomic E-state index is 5.29. The van der Waals surface area contributed by atoms with Crippen LogP contribution in [0.5, 0.6) is 0 Å². The Morgan fingerprint density at radius 3 is 2.92 bits per heavy atom. The van der Waals surface area contributed by atoms with Crippen LogP contribution in [0.1, 0.15) is 25.5 Å². The van der Waals surface area contributed by atoms with Crippen molar-refractivity contribution in [3.05, 3.63) is 24.4 Å². The molecule has 0 N–H and O–H groups in total. The molecule has 0 aromatic carbocycles. The van der Waals surface area contributed by atoms with Gasteiger partial charge in [-0.1, -0.05) is 13.8 Å². The van der Waals surface area contributed by atoms with Crippen molar-refractivity contribution in [3.63, 3.8) is 0 Å². The van der Waals surface area contributed by atoms with Crippen LogP contribution in [0.15, 0.2) is 23.1 Å². The van der Waals surface area contributed by atoms with Gasteiger partial charge in [0.15, 0.2) is 5.58 Å². The van der Waals surface area contributed by atoms with Gasteiger partial charge in [-0.3, -0.25) is 0 Å². The zero-order valence-electron chi connectivity index (χ0n) is 7.11. The maximum atomic E-state index is 5.29. The Hall–Kier alpha value is -1.38. The van der Waals surface area contributed by atoms with Crippen molar-refractivity contribution < 1.29 is 4.42 Å². The van der Waals surface area contributed by atoms with Crippen LogP contribution in [0.4, 0.5) is 0 Å². The number of fused-ring (bicyclic) bond motifs is 1. The number of aromatic nitrogens is 2. The summed E-state index contributed by atoms with van der Waals surface area (Å²) in [5.41, 5.74) is 2.67. The number of hydrogen-bond donors (Lipinski definition) is 0. The van der Waals surface area contributed by atoms with E-state index < -0.39 is 0 Å². The van der Waals surface area contributed by atoms with Gasteiger partial charge in [0.25, 0.3) is 0 Å². The van der Waals surface area contributed by atoms with E-state index in [9.17, 15) is 0 Å². The van der Waals surface area contributed by atoms with Crippen molar-refractivity contribution in [2.24, 2.45) is 0 Å². The second-order valence-electron chi connectivity index (χ2n) is 3.05. The Balaban J connectivity index is 2.73. The summed E-state index contributed by atoms with van der Waals surface area (Å²) in [6.07, 6.45) is 3.22. The van der Waals surface area contributed by atoms with E-state index in [4.69, 9.17) is 4.42 Å². The first kappa shape index (κ1) is 7.28. The molecule has 0 aliphatic rings. The summed E-state index contributed by atoms with van der Waals surface area (Å²) >= 11 is 0. The van der Waals surface area contributed by atoms with Crippen LogP contribution in [0.25, 0.3) is 11.1 Å². The van der Waals surface area contributed by atoms with E-state index >= 15 is 0 Å². The third-order valence-electron chi connectivity index (χ3n) is 1.82. The minimum atomic E-state index is 0.377. The molecule has 0 aliphatic carbocycles. The Morgan fingerprint density at radius 1 is 1.33 bits per heavy atom. The Kier molecular flexibility index (Phi) is 1.57. The van der Waals surface area contributed by atoms with Crippen molar-refractivity contribution in [2.75, 3.05) is 0 Å². The molecule has 3 heteroatoms. The van der Waals surface area contributed by atoms with E-state index in [0.29, 0.717) is 5.92 Å². The highest BCUT2D eigenvalue weighted by Crippen LogP contribution is 2.21. The van der Waals surface area contributed by atoms with Gasteiger partial charge in [0.05, 0.1) is 12.0 Å². The number of nitrogens with zero attached hydrogens (tertiary/aromatic N) is 2. The van der Waals surface area contributed by atoms with E-state index in [1.54, 1.807) is 12.6 Å². The minimum Gasteiger partial charge on any atom is -0.461 e. The van der Waals surface area contributed by atoms with E-state index in [-0.39, 0.29) is 0 Å². The van der Waals surface area contributed by atoms with E-state index in [1.807, 2.05) is 6.07 Å². The molecule has 2 aromatic rings. The molecule has 0 unspecified atom stereocenters. The number of rotatable bonds is 1. The fraction of sp³-hybridized carbons (Fsp3) is 0.333. The first-order valence-electron chi connectivity index (χ1n) is 3.97. The average Bonchev–Trinajstić information content (AvgIpc) is 2.49. The monoisotopic (exact) mass is 162 g/mol. The molecule has 0 aliphatic heterocycles. The molecule has 12 heavy (non-hydrogen) atoms. The quantitative estimate of drug-likeness (QED) is 0.646. The van der Waals surface area contributed by atoms with Crippen LogP contribution in [0.3, 0.4) is 0 Å². The van der Waals surface area contributed by atoms with Gasteiger partial charge in [-0.25, -0.2) is 9.97 Å². The summed E-state index contributed by atoms with van der Waals surface area (Å²) in [6, 6.07) is 1.85. The molecule has 0 fully saturated rings. The lowest BCUT2D eigenvalue weighted by Crippen LogP contribution is -1.93. The molecular formula is C9H10N2O. The molecule has 0 saturated heterocycles. The third kappa shape index (κ3) is 0.978. The zero-order valence-corrected chi connectivity index (χ0v) is 7.11. The molecule has 2 rings (SSSR count). The lowest BCUT2D eigenvalue weighted by molar-refractivity contribution is 0.602. The topological polar surface area (TPSA) is 38.9 Å². The van der Waals surface area contributed by atoms with Gasteiger partial charge in [-0.15, -0.1) is 0 Å². The van der Waals surface area contributed by atoms with Crippen LogP contribution >= 0.6 is 0 Å². The zero-order chi connectivity index (χ0) is 8.55. The molecule has 3 nitrogen and oxygen atoms in total. The average molecular weight is 162 g/mol. The van der Waals surface area contributed by atoms with Crippen molar-refractivity contribution in [3.8, 4) is 0 Å². The predicted molar refractivity (Wildman–Crippen MR) is 45.9 cm³/mol. The summed E-state index contributed by atoms with van der Waals surface area (Å²) in [6.45, 7) is 4.18. The summed E-state index contributed by atoms with van der Waals surface area (Å²) in [5, 5.41) is 0. The summed E-state index contributed by atoms with van der Waals surface area (Å²) in [5.74, 6) is 0.377. The van der Waals surface area contributed by atoms with Crippen molar-refractivity contribution in [2.45, 2.75) is 19.8 Å². The van der Waals surface area contributed by atoms with Crippen LogP contribution in [-0.2, 0) is 0 Å². The lowest BCUT2D eigenvalue weighted by atomic mass is 10.1. The maximum Gasteiger partial charge on any atom is 0.174 e. The fourth-order valence-electron chi connectivity index (χ4n) is 1.22. The van der Waals surface area contributed by atoms with Gasteiger partial charge in [-0.2, -0.15) is 0 Å². The molecule has 0 saturated carbocycles. The van der Waals surface area contributed by atoms with E-state index in [0.717, 1.165) is 16.8 Å². The molecule has 0 bridgehead atoms. The van der Waals surface area contributed by atoms with Gasteiger partial charge in [0, 0.05) is 6.07 Å². The molecule has 0 atom stereocenters. The van der Waals surface area contributed by atoms with Crippen LogP contribution in [0.2, 0.25) is 0 Å². The molecule has 0 radical (unpaired) electrons. The standard InChI is InChI=1S/C9H10N2O/c1-6(2)8-9-7(3-4-12-9)10-5-11-8/h3-6H,1-2H3. The second-order valence-corrected chi connectivity index (χ2v) is 3.05. The second kappa shape index (κ2) is 2.59. The van der Waals surface area contributed by atoms with Gasteiger partial charge in [-0.05, 0) is 5.92 Å². The Labute approximate surface area is 70.4 Å². The van der Waals surface area contributed by atoms with Crippen molar-refractivity contribution in [1.82, 2.24) is 9.97 Å². The lowest BCUT2D eigenvalue weighted by Gasteiger charge is -2.02. The first-order valence-corrected chi connectivity index (χ1v) is 3.97. The van der Waals surface area contributed by atoms with E-state index in [2.05, 4.69) is 23.8 Å². The molecular weight excluding hydrogens is 152 g/mol. The highest BCUT2D eigenvalue weighted by atomic mass is 16.3. The Morgan fingerprint density at radius 2 is 2.17 bits per heavy atom. The van der Waals surface area contributed by atoms with Gasteiger partial charge in [0.1, 0.15) is 11.8 Å². The predicted octanol–water partition coefficient (Wildman–Crippen LogP) is 2.35. The van der Waals surface area contributed by atoms with Crippen molar-refractivity contribution >= 4 is 11.1 Å². The smallest absolute Gasteiger partial charge is 0.174 e. The van der Waals surface area contributed by atoms with Crippen molar-refractivity contribution in [1.29, 1.82) is 0 Å². The highest BCUT2D eigenvalue weighted by molar-refractivity contribution is 5.74. The molecule has 2 aromatic heterocycles. The SMILES string of the molecule is CC(C)c1ncnc2ccoc12. The minimum absolute atomic E-state index is 0.377. The molecule has 0 spiro atoms. The largest absolute Gasteiger partial charge is 0.461 e. The summed E-state index contributed by atoms with van der Waals surface area (Å²) < 4.78 is 5.29. The first-order chi connectivity index (χ1) is 5.79. The summed E-state index contributed by atoms with van der Waals surface area (Å²) in [4.78, 5) is 8.25. The fourth-order valence-corrected chi connectivity index (χ4v) is 1.22. The summed E-state index contributed by atoms with van der Waals surface area (Å²) in [7, 11) is 0. The van der Waals surface area contributed by atoms with Crippen LogP contribution in [0, 0.1) is 0 Å². The Bertz CT molecular complexity index is 392. The van der Waals surface area contributed by atoms with E-state index in [1.165, 1.54) is 0 Å². The van der Waals surface area contributed by atoms with Crippen LogP contribution in [-0.4, -0.2) is 9.97 Å². The number of furan rings is 1. The van der Waals surface area contributed by atoms with Crippen LogP contribution < -0.4 is 0 Å². The van der Waals surface area contributed by atoms with Gasteiger partial charge >= 0.3 is 0 Å². The number of hydrogen-bond acceptors (Lipinski definition) is 3. The molecule has 0 amide bonds. The third-order valence-corrected chi connectivity index (χ3v) is 1.82. The normalized spacial score (nSPS) is 11.2. The highest BCUT2D eigenvalue weighted by Gasteiger charge is 2.09.